The van der Waals surface area contributed by atoms with Crippen molar-refractivity contribution in [2.45, 2.75) is 33.3 Å². The molecule has 1 atom stereocenters. The lowest BCUT2D eigenvalue weighted by Crippen LogP contribution is -2.30. The first-order valence-corrected chi connectivity index (χ1v) is 8.66. The van der Waals surface area contributed by atoms with Crippen molar-refractivity contribution >= 4 is 23.3 Å². The molecule has 0 spiro atoms. The summed E-state index contributed by atoms with van der Waals surface area (Å²) in [5.74, 6) is -0.381. The van der Waals surface area contributed by atoms with Crippen LogP contribution in [0.4, 0.5) is 5.69 Å². The molecule has 0 aromatic heterocycles. The Morgan fingerprint density at radius 3 is 2.52 bits per heavy atom. The normalized spacial score (nSPS) is 11.4. The number of Topliss-reactive ketones (excluding diaryl/α,β-unsaturated/α-hetero) is 1. The third kappa shape index (κ3) is 6.26. The van der Waals surface area contributed by atoms with Gasteiger partial charge in [-0.3, -0.25) is 14.4 Å². The van der Waals surface area contributed by atoms with Crippen molar-refractivity contribution in [2.75, 3.05) is 11.9 Å². The molecule has 0 saturated carbocycles. The summed E-state index contributed by atoms with van der Waals surface area (Å²) in [6.07, 6.45) is -0.928. The third-order valence-electron chi connectivity index (χ3n) is 3.87. The topological polar surface area (TPSA) is 81.7 Å². The van der Waals surface area contributed by atoms with Crippen LogP contribution in [0, 0.1) is 6.92 Å². The molecule has 0 aliphatic heterocycles. The molecule has 0 unspecified atom stereocenters. The summed E-state index contributed by atoms with van der Waals surface area (Å²) in [5.41, 5.74) is 1.94. The van der Waals surface area contributed by atoms with E-state index in [1.54, 1.807) is 24.3 Å². The van der Waals surface area contributed by atoms with Crippen LogP contribution in [0.5, 0.6) is 5.75 Å². The number of nitrogens with one attached hydrogen (secondary N) is 1. The molecule has 2 aromatic carbocycles. The van der Waals surface area contributed by atoms with Crippen molar-refractivity contribution < 1.29 is 23.9 Å². The van der Waals surface area contributed by atoms with Gasteiger partial charge in [-0.05, 0) is 44.5 Å². The SMILES string of the molecule is CC(=O)c1cccc(NC(=O)[C@H](C)OC(=O)CCOc2ccccc2C)c1. The van der Waals surface area contributed by atoms with Crippen LogP contribution in [0.2, 0.25) is 0 Å². The quantitative estimate of drug-likeness (QED) is 0.568. The van der Waals surface area contributed by atoms with Crippen molar-refractivity contribution in [3.63, 3.8) is 0 Å². The fraction of sp³-hybridized carbons (Fsp3) is 0.286. The predicted octanol–water partition coefficient (Wildman–Crippen LogP) is 3.54. The van der Waals surface area contributed by atoms with Crippen LogP contribution in [-0.2, 0) is 14.3 Å². The average Bonchev–Trinajstić information content (AvgIpc) is 2.63. The van der Waals surface area contributed by atoms with Gasteiger partial charge in [0.2, 0.25) is 0 Å². The molecule has 6 nitrogen and oxygen atoms in total. The van der Waals surface area contributed by atoms with Crippen LogP contribution in [0.1, 0.15) is 36.2 Å². The van der Waals surface area contributed by atoms with Gasteiger partial charge in [0.25, 0.3) is 5.91 Å². The predicted molar refractivity (Wildman–Crippen MR) is 102 cm³/mol. The lowest BCUT2D eigenvalue weighted by Gasteiger charge is -2.14. The number of esters is 1. The van der Waals surface area contributed by atoms with E-state index in [1.807, 2.05) is 31.2 Å². The maximum atomic E-state index is 12.2. The Morgan fingerprint density at radius 2 is 1.81 bits per heavy atom. The minimum absolute atomic E-state index is 0.0335. The molecular weight excluding hydrogens is 346 g/mol. The molecular formula is C21H23NO5. The molecule has 1 amide bonds. The summed E-state index contributed by atoms with van der Waals surface area (Å²) in [6.45, 7) is 5.02. The highest BCUT2D eigenvalue weighted by atomic mass is 16.5. The van der Waals surface area contributed by atoms with Crippen LogP contribution in [-0.4, -0.2) is 30.4 Å². The Bertz CT molecular complexity index is 831. The minimum atomic E-state index is -0.961. The smallest absolute Gasteiger partial charge is 0.310 e. The van der Waals surface area contributed by atoms with Gasteiger partial charge < -0.3 is 14.8 Å². The fourth-order valence-corrected chi connectivity index (χ4v) is 2.33. The van der Waals surface area contributed by atoms with E-state index in [-0.39, 0.29) is 18.8 Å². The van der Waals surface area contributed by atoms with Crippen molar-refractivity contribution in [1.82, 2.24) is 0 Å². The minimum Gasteiger partial charge on any atom is -0.493 e. The Labute approximate surface area is 158 Å². The highest BCUT2D eigenvalue weighted by molar-refractivity contribution is 5.98. The van der Waals surface area contributed by atoms with E-state index in [1.165, 1.54) is 13.8 Å². The molecule has 142 valence electrons. The summed E-state index contributed by atoms with van der Waals surface area (Å²) in [5, 5.41) is 2.63. The van der Waals surface area contributed by atoms with Crippen molar-refractivity contribution in [3.05, 3.63) is 59.7 Å². The van der Waals surface area contributed by atoms with Crippen LogP contribution >= 0.6 is 0 Å². The van der Waals surface area contributed by atoms with Crippen LogP contribution in [0.3, 0.4) is 0 Å². The summed E-state index contributed by atoms with van der Waals surface area (Å²) in [4.78, 5) is 35.5. The highest BCUT2D eigenvalue weighted by Crippen LogP contribution is 2.16. The van der Waals surface area contributed by atoms with Crippen molar-refractivity contribution in [3.8, 4) is 5.75 Å². The largest absolute Gasteiger partial charge is 0.493 e. The summed E-state index contributed by atoms with van der Waals surface area (Å²) in [6, 6.07) is 14.1. The molecule has 0 aliphatic carbocycles. The van der Waals surface area contributed by atoms with Gasteiger partial charge in [-0.2, -0.15) is 0 Å². The highest BCUT2D eigenvalue weighted by Gasteiger charge is 2.18. The second-order valence-corrected chi connectivity index (χ2v) is 6.12. The number of carbonyl (C=O) groups excluding carboxylic acids is 3. The molecule has 0 saturated heterocycles. The summed E-state index contributed by atoms with van der Waals surface area (Å²) >= 11 is 0. The van der Waals surface area contributed by atoms with E-state index in [2.05, 4.69) is 5.32 Å². The Balaban J connectivity index is 1.79. The number of aryl methyl sites for hydroxylation is 1. The number of amides is 1. The Morgan fingerprint density at radius 1 is 1.07 bits per heavy atom. The number of ketones is 1. The van der Waals surface area contributed by atoms with Gasteiger partial charge in [0.1, 0.15) is 5.75 Å². The zero-order valence-corrected chi connectivity index (χ0v) is 15.7. The van der Waals surface area contributed by atoms with Gasteiger partial charge in [-0.1, -0.05) is 30.3 Å². The number of anilines is 1. The monoisotopic (exact) mass is 369 g/mol. The number of rotatable bonds is 8. The number of hydrogen-bond acceptors (Lipinski definition) is 5. The van der Waals surface area contributed by atoms with Gasteiger partial charge in [-0.15, -0.1) is 0 Å². The van der Waals surface area contributed by atoms with Gasteiger partial charge in [0, 0.05) is 11.3 Å². The number of ether oxygens (including phenoxy) is 2. The molecule has 6 heteroatoms. The first-order chi connectivity index (χ1) is 12.9. The zero-order valence-electron chi connectivity index (χ0n) is 15.7. The Hall–Kier alpha value is -3.15. The lowest BCUT2D eigenvalue weighted by atomic mass is 10.1. The molecule has 0 radical (unpaired) electrons. The average molecular weight is 369 g/mol. The first kappa shape index (κ1) is 20.2. The third-order valence-corrected chi connectivity index (χ3v) is 3.87. The maximum Gasteiger partial charge on any atom is 0.310 e. The van der Waals surface area contributed by atoms with Gasteiger partial charge >= 0.3 is 5.97 Å². The number of carbonyl (C=O) groups is 3. The van der Waals surface area contributed by atoms with E-state index in [0.29, 0.717) is 17.0 Å². The number of hydrogen-bond donors (Lipinski definition) is 1. The van der Waals surface area contributed by atoms with E-state index < -0.39 is 18.0 Å². The molecule has 0 aliphatic rings. The molecule has 2 aromatic rings. The second-order valence-electron chi connectivity index (χ2n) is 6.12. The van der Waals surface area contributed by atoms with Crippen LogP contribution < -0.4 is 10.1 Å². The zero-order chi connectivity index (χ0) is 19.8. The molecule has 2 rings (SSSR count). The van der Waals surface area contributed by atoms with Crippen LogP contribution in [0.15, 0.2) is 48.5 Å². The van der Waals surface area contributed by atoms with E-state index >= 15 is 0 Å². The molecule has 0 bridgehead atoms. The Kier molecular flexibility index (Phi) is 7.11. The van der Waals surface area contributed by atoms with Gasteiger partial charge in [0.05, 0.1) is 13.0 Å². The second kappa shape index (κ2) is 9.52. The molecule has 0 heterocycles. The van der Waals surface area contributed by atoms with Crippen molar-refractivity contribution in [1.29, 1.82) is 0 Å². The first-order valence-electron chi connectivity index (χ1n) is 8.66. The van der Waals surface area contributed by atoms with Crippen molar-refractivity contribution in [2.24, 2.45) is 0 Å². The maximum absolute atomic E-state index is 12.2. The molecule has 0 fully saturated rings. The fourth-order valence-electron chi connectivity index (χ4n) is 2.33. The number of para-hydroxylation sites is 1. The van der Waals surface area contributed by atoms with Gasteiger partial charge in [0.15, 0.2) is 11.9 Å². The standard InChI is InChI=1S/C21H23NO5/c1-14-7-4-5-10-19(14)26-12-11-20(24)27-16(3)21(25)22-18-9-6-8-17(13-18)15(2)23/h4-10,13,16H,11-12H2,1-3H3,(H,22,25)/t16-/m0/s1. The number of benzene rings is 2. The summed E-state index contributed by atoms with van der Waals surface area (Å²) in [7, 11) is 0. The van der Waals surface area contributed by atoms with E-state index in [0.717, 1.165) is 5.56 Å². The summed E-state index contributed by atoms with van der Waals surface area (Å²) < 4.78 is 10.7. The van der Waals surface area contributed by atoms with Gasteiger partial charge in [-0.25, -0.2) is 0 Å². The molecule has 27 heavy (non-hydrogen) atoms. The molecule has 1 N–H and O–H groups in total. The van der Waals surface area contributed by atoms with E-state index in [9.17, 15) is 14.4 Å². The lowest BCUT2D eigenvalue weighted by molar-refractivity contribution is -0.153. The van der Waals surface area contributed by atoms with Crippen LogP contribution in [0.25, 0.3) is 0 Å². The van der Waals surface area contributed by atoms with E-state index in [4.69, 9.17) is 9.47 Å².